The van der Waals surface area contributed by atoms with Crippen molar-refractivity contribution in [3.05, 3.63) is 42.0 Å². The van der Waals surface area contributed by atoms with E-state index in [0.29, 0.717) is 5.56 Å². The van der Waals surface area contributed by atoms with Gasteiger partial charge in [-0.1, -0.05) is 36.9 Å². The number of hydrogen-bond acceptors (Lipinski definition) is 0. The fraction of sp³-hybridized carbons (Fsp3) is 0.500. The number of aryl methyl sites for hydroxylation is 1. The molecule has 0 nitrogen and oxygen atoms in total. The van der Waals surface area contributed by atoms with Gasteiger partial charge in [-0.15, -0.1) is 0 Å². The van der Waals surface area contributed by atoms with Crippen molar-refractivity contribution in [2.75, 3.05) is 0 Å². The number of benzene rings is 1. The van der Waals surface area contributed by atoms with Crippen LogP contribution in [0.2, 0.25) is 0 Å². The predicted molar refractivity (Wildman–Crippen MR) is 75.6 cm³/mol. The second kappa shape index (κ2) is 7.38. The first-order valence-electron chi connectivity index (χ1n) is 7.43. The van der Waals surface area contributed by atoms with Crippen LogP contribution in [0.5, 0.6) is 0 Å². The second-order valence-corrected chi connectivity index (χ2v) is 5.95. The number of alkyl halides is 13. The summed E-state index contributed by atoms with van der Waals surface area (Å²) in [7, 11) is 0. The van der Waals surface area contributed by atoms with Crippen molar-refractivity contribution in [2.24, 2.45) is 0 Å². The van der Waals surface area contributed by atoms with Gasteiger partial charge in [-0.3, -0.25) is 0 Å². The maximum absolute atomic E-state index is 13.6. The summed E-state index contributed by atoms with van der Waals surface area (Å²) in [4.78, 5) is 0. The van der Waals surface area contributed by atoms with Gasteiger partial charge in [-0.05, 0) is 17.5 Å². The van der Waals surface area contributed by atoms with E-state index in [2.05, 4.69) is 6.58 Å². The zero-order valence-corrected chi connectivity index (χ0v) is 13.9. The van der Waals surface area contributed by atoms with E-state index in [1.54, 1.807) is 0 Å². The van der Waals surface area contributed by atoms with Crippen LogP contribution in [0.4, 0.5) is 57.1 Å². The minimum absolute atomic E-state index is 0.151. The molecule has 0 aromatic heterocycles. The van der Waals surface area contributed by atoms with E-state index in [1.807, 2.05) is 0 Å². The van der Waals surface area contributed by atoms with Crippen LogP contribution in [0.1, 0.15) is 17.5 Å². The van der Waals surface area contributed by atoms with Crippen molar-refractivity contribution in [3.8, 4) is 0 Å². The zero-order valence-electron chi connectivity index (χ0n) is 13.9. The monoisotopic (exact) mass is 450 g/mol. The standard InChI is InChI=1S/C16H11F13/c1-2-9-3-5-10(6-4-9)7-8-11(17,18)12(19,20)13(21,22)14(23,24)15(25,26)16(27,28)29/h2-6H,1,7-8H2. The third-order valence-corrected chi connectivity index (χ3v) is 3.94. The van der Waals surface area contributed by atoms with Crippen molar-refractivity contribution in [2.45, 2.75) is 48.6 Å². The molecule has 1 rings (SSSR count). The van der Waals surface area contributed by atoms with Crippen LogP contribution in [0, 0.1) is 0 Å². The molecule has 0 aliphatic rings. The van der Waals surface area contributed by atoms with Crippen LogP contribution in [0.3, 0.4) is 0 Å². The van der Waals surface area contributed by atoms with Gasteiger partial charge in [0.2, 0.25) is 0 Å². The van der Waals surface area contributed by atoms with Crippen molar-refractivity contribution in [3.63, 3.8) is 0 Å². The second-order valence-electron chi connectivity index (χ2n) is 5.95. The van der Waals surface area contributed by atoms with E-state index in [-0.39, 0.29) is 5.56 Å². The summed E-state index contributed by atoms with van der Waals surface area (Å²) in [6, 6.07) is 4.67. The Morgan fingerprint density at radius 1 is 0.621 bits per heavy atom. The normalized spacial score (nSPS) is 14.8. The van der Waals surface area contributed by atoms with Gasteiger partial charge in [-0.25, -0.2) is 0 Å². The van der Waals surface area contributed by atoms with E-state index < -0.39 is 48.6 Å². The van der Waals surface area contributed by atoms with Crippen molar-refractivity contribution < 1.29 is 57.1 Å². The third kappa shape index (κ3) is 4.04. The summed E-state index contributed by atoms with van der Waals surface area (Å²) in [5, 5.41) is 0. The molecule has 1 aromatic rings. The predicted octanol–water partition coefficient (Wildman–Crippen LogP) is 7.00. The molecule has 13 heteroatoms. The summed E-state index contributed by atoms with van der Waals surface area (Å²) >= 11 is 0. The lowest BCUT2D eigenvalue weighted by Gasteiger charge is -2.39. The molecule has 0 N–H and O–H groups in total. The highest BCUT2D eigenvalue weighted by atomic mass is 19.4. The number of halogens is 13. The minimum Gasteiger partial charge on any atom is -0.200 e. The van der Waals surface area contributed by atoms with Gasteiger partial charge in [0.25, 0.3) is 0 Å². The SMILES string of the molecule is C=Cc1ccc(CCC(F)(F)C(F)(F)C(F)(F)C(F)(F)C(F)(F)C(F)(F)F)cc1. The summed E-state index contributed by atoms with van der Waals surface area (Å²) in [5.41, 5.74) is 0.299. The summed E-state index contributed by atoms with van der Waals surface area (Å²) < 4.78 is 169. The molecule has 1 aromatic carbocycles. The van der Waals surface area contributed by atoms with Gasteiger partial charge in [0.1, 0.15) is 0 Å². The van der Waals surface area contributed by atoms with E-state index in [0.717, 1.165) is 12.1 Å². The average Bonchev–Trinajstić information content (AvgIpc) is 2.58. The molecule has 0 aliphatic heterocycles. The molecular weight excluding hydrogens is 439 g/mol. The Kier molecular flexibility index (Phi) is 6.39. The number of rotatable bonds is 8. The first-order valence-corrected chi connectivity index (χ1v) is 7.43. The van der Waals surface area contributed by atoms with E-state index in [1.165, 1.54) is 18.2 Å². The largest absolute Gasteiger partial charge is 0.460 e. The lowest BCUT2D eigenvalue weighted by atomic mass is 9.91. The molecule has 0 unspecified atom stereocenters. The molecule has 0 heterocycles. The maximum Gasteiger partial charge on any atom is 0.460 e. The summed E-state index contributed by atoms with van der Waals surface area (Å²) in [5.74, 6) is -36.6. The molecule has 0 radical (unpaired) electrons. The van der Waals surface area contributed by atoms with Gasteiger partial charge in [0.15, 0.2) is 0 Å². The van der Waals surface area contributed by atoms with Gasteiger partial charge in [0.05, 0.1) is 0 Å². The van der Waals surface area contributed by atoms with Gasteiger partial charge >= 0.3 is 35.8 Å². The van der Waals surface area contributed by atoms with Crippen molar-refractivity contribution >= 4 is 6.08 Å². The van der Waals surface area contributed by atoms with Crippen LogP contribution in [0.25, 0.3) is 6.08 Å². The summed E-state index contributed by atoms with van der Waals surface area (Å²) in [6.07, 6.45) is -9.44. The molecular formula is C16H11F13. The molecule has 0 amide bonds. The Labute approximate surface area is 155 Å². The Morgan fingerprint density at radius 3 is 1.41 bits per heavy atom. The Balaban J connectivity index is 3.21. The first kappa shape index (κ1) is 25.1. The van der Waals surface area contributed by atoms with E-state index in [4.69, 9.17) is 0 Å². The van der Waals surface area contributed by atoms with Crippen molar-refractivity contribution in [1.29, 1.82) is 0 Å². The molecule has 0 aliphatic carbocycles. The lowest BCUT2D eigenvalue weighted by Crippen LogP contribution is -2.70. The van der Waals surface area contributed by atoms with Gasteiger partial charge in [0, 0.05) is 6.42 Å². The Morgan fingerprint density at radius 2 is 1.03 bits per heavy atom. The number of hydrogen-bond donors (Lipinski definition) is 0. The smallest absolute Gasteiger partial charge is 0.200 e. The third-order valence-electron chi connectivity index (χ3n) is 3.94. The molecule has 29 heavy (non-hydrogen) atoms. The highest BCUT2D eigenvalue weighted by Crippen LogP contribution is 2.60. The van der Waals surface area contributed by atoms with Crippen LogP contribution in [-0.2, 0) is 6.42 Å². The molecule has 0 saturated heterocycles. The quantitative estimate of drug-likeness (QED) is 0.374. The Bertz CT molecular complexity index is 713. The van der Waals surface area contributed by atoms with Crippen LogP contribution >= 0.6 is 0 Å². The van der Waals surface area contributed by atoms with Crippen LogP contribution in [-0.4, -0.2) is 35.8 Å². The first-order chi connectivity index (χ1) is 12.8. The zero-order chi connectivity index (χ0) is 23.1. The molecule has 0 spiro atoms. The maximum atomic E-state index is 13.6. The van der Waals surface area contributed by atoms with Crippen molar-refractivity contribution in [1.82, 2.24) is 0 Å². The van der Waals surface area contributed by atoms with E-state index >= 15 is 0 Å². The highest BCUT2D eigenvalue weighted by molar-refractivity contribution is 5.47. The van der Waals surface area contributed by atoms with Gasteiger partial charge < -0.3 is 0 Å². The lowest BCUT2D eigenvalue weighted by molar-refractivity contribution is -0.440. The minimum atomic E-state index is -7.86. The average molecular weight is 450 g/mol. The molecule has 0 saturated carbocycles. The fourth-order valence-corrected chi connectivity index (χ4v) is 2.08. The molecule has 0 fully saturated rings. The highest BCUT2D eigenvalue weighted by Gasteiger charge is 2.90. The summed E-state index contributed by atoms with van der Waals surface area (Å²) in [6.45, 7) is 3.35. The molecule has 166 valence electrons. The van der Waals surface area contributed by atoms with Crippen LogP contribution in [0.15, 0.2) is 30.8 Å². The van der Waals surface area contributed by atoms with Gasteiger partial charge in [-0.2, -0.15) is 57.1 Å². The molecule has 0 atom stereocenters. The Hall–Kier alpha value is -1.95. The van der Waals surface area contributed by atoms with Crippen LogP contribution < -0.4 is 0 Å². The van der Waals surface area contributed by atoms with E-state index in [9.17, 15) is 57.1 Å². The molecule has 0 bridgehead atoms. The fourth-order valence-electron chi connectivity index (χ4n) is 2.08. The topological polar surface area (TPSA) is 0 Å².